The average Bonchev–Trinajstić information content (AvgIpc) is 3.07. The van der Waals surface area contributed by atoms with E-state index in [1.807, 2.05) is 6.20 Å². The summed E-state index contributed by atoms with van der Waals surface area (Å²) in [6, 6.07) is 8.85. The van der Waals surface area contributed by atoms with Gasteiger partial charge in [0.25, 0.3) is 0 Å². The smallest absolute Gasteiger partial charge is 0.213 e. The molecule has 1 aliphatic rings. The molecule has 1 aromatic heterocycles. The van der Waals surface area contributed by atoms with Gasteiger partial charge in [-0.05, 0) is 37.1 Å². The van der Waals surface area contributed by atoms with Gasteiger partial charge < -0.3 is 15.1 Å². The molecule has 0 radical (unpaired) electrons. The Hall–Kier alpha value is -1.61. The van der Waals surface area contributed by atoms with E-state index in [4.69, 9.17) is 4.42 Å². The van der Waals surface area contributed by atoms with Gasteiger partial charge in [-0.1, -0.05) is 57.9 Å². The summed E-state index contributed by atoms with van der Waals surface area (Å²) in [6.45, 7) is 11.1. The van der Waals surface area contributed by atoms with Crippen molar-refractivity contribution in [2.75, 3.05) is 20.1 Å². The quantitative estimate of drug-likeness (QED) is 0.313. The van der Waals surface area contributed by atoms with Gasteiger partial charge in [0.1, 0.15) is 5.76 Å². The van der Waals surface area contributed by atoms with E-state index in [-0.39, 0.29) is 29.4 Å². The number of aliphatic imine (C=N–C) groups is 1. The van der Waals surface area contributed by atoms with E-state index in [2.05, 4.69) is 70.5 Å². The van der Waals surface area contributed by atoms with Gasteiger partial charge in [0, 0.05) is 25.6 Å². The topological polar surface area (TPSA) is 65.7 Å². The molecule has 0 bridgehead atoms. The highest BCUT2D eigenvalue weighted by atomic mass is 127. The van der Waals surface area contributed by atoms with E-state index in [1.165, 1.54) is 49.9 Å². The molecular formula is C24H38IN5O. The Kier molecular flexibility index (Phi) is 10.3. The van der Waals surface area contributed by atoms with Crippen molar-refractivity contribution in [2.24, 2.45) is 4.99 Å². The minimum atomic E-state index is -0.0382. The molecule has 0 saturated carbocycles. The second kappa shape index (κ2) is 12.4. The molecule has 31 heavy (non-hydrogen) atoms. The first kappa shape index (κ1) is 25.6. The Balaban J connectivity index is 0.00000341. The molecule has 172 valence electrons. The molecule has 7 heteroatoms. The first-order chi connectivity index (χ1) is 14.4. The molecule has 1 aromatic carbocycles. The molecule has 2 heterocycles. The van der Waals surface area contributed by atoms with Gasteiger partial charge >= 0.3 is 0 Å². The monoisotopic (exact) mass is 539 g/mol. The van der Waals surface area contributed by atoms with Crippen molar-refractivity contribution < 1.29 is 4.42 Å². The van der Waals surface area contributed by atoms with Crippen molar-refractivity contribution in [2.45, 2.75) is 71.5 Å². The molecular weight excluding hydrogens is 501 g/mol. The fraction of sp³-hybridized carbons (Fsp3) is 0.583. The van der Waals surface area contributed by atoms with Gasteiger partial charge in [0.05, 0.1) is 12.7 Å². The maximum Gasteiger partial charge on any atom is 0.213 e. The Morgan fingerprint density at radius 2 is 1.74 bits per heavy atom. The van der Waals surface area contributed by atoms with Crippen LogP contribution in [0.5, 0.6) is 0 Å². The summed E-state index contributed by atoms with van der Waals surface area (Å²) in [5, 5.41) is 6.67. The summed E-state index contributed by atoms with van der Waals surface area (Å²) in [5.41, 5.74) is 2.61. The standard InChI is InChI=1S/C24H37N5O.HI/c1-24(2,3)21-16-26-22(30-21)17-28-23(25-4)27-15-19-10-9-11-20(14-19)18-29-12-7-5-6-8-13-29;/h9-11,14,16H,5-8,12-13,15,17-18H2,1-4H3,(H2,25,27,28);1H. The number of nitrogens with zero attached hydrogens (tertiary/aromatic N) is 3. The summed E-state index contributed by atoms with van der Waals surface area (Å²) < 4.78 is 5.84. The fourth-order valence-electron chi connectivity index (χ4n) is 3.69. The molecule has 0 aliphatic carbocycles. The minimum absolute atomic E-state index is 0. The third kappa shape index (κ3) is 8.44. The summed E-state index contributed by atoms with van der Waals surface area (Å²) in [6.07, 6.45) is 7.20. The van der Waals surface area contributed by atoms with Crippen molar-refractivity contribution in [3.63, 3.8) is 0 Å². The van der Waals surface area contributed by atoms with E-state index in [1.54, 1.807) is 7.05 Å². The molecule has 1 saturated heterocycles. The normalized spacial score (nSPS) is 15.8. The Morgan fingerprint density at radius 3 is 2.39 bits per heavy atom. The number of halogens is 1. The van der Waals surface area contributed by atoms with Crippen LogP contribution in [0, 0.1) is 0 Å². The van der Waals surface area contributed by atoms with Crippen LogP contribution in [0.15, 0.2) is 39.9 Å². The molecule has 2 N–H and O–H groups in total. The fourth-order valence-corrected chi connectivity index (χ4v) is 3.69. The number of aromatic nitrogens is 1. The average molecular weight is 540 g/mol. The van der Waals surface area contributed by atoms with Gasteiger partial charge in [-0.2, -0.15) is 0 Å². The summed E-state index contributed by atoms with van der Waals surface area (Å²) in [5.74, 6) is 2.30. The summed E-state index contributed by atoms with van der Waals surface area (Å²) >= 11 is 0. The van der Waals surface area contributed by atoms with E-state index in [9.17, 15) is 0 Å². The van der Waals surface area contributed by atoms with Gasteiger partial charge in [0.2, 0.25) is 5.89 Å². The van der Waals surface area contributed by atoms with Crippen LogP contribution in [0.4, 0.5) is 0 Å². The van der Waals surface area contributed by atoms with Crippen molar-refractivity contribution >= 4 is 29.9 Å². The number of nitrogens with one attached hydrogen (secondary N) is 2. The van der Waals surface area contributed by atoms with Crippen molar-refractivity contribution in [3.05, 3.63) is 53.2 Å². The first-order valence-electron chi connectivity index (χ1n) is 11.1. The highest BCUT2D eigenvalue weighted by molar-refractivity contribution is 14.0. The van der Waals surface area contributed by atoms with Crippen molar-refractivity contribution in [1.29, 1.82) is 0 Å². The predicted octanol–water partition coefficient (Wildman–Crippen LogP) is 4.83. The molecule has 0 unspecified atom stereocenters. The predicted molar refractivity (Wildman–Crippen MR) is 138 cm³/mol. The lowest BCUT2D eigenvalue weighted by Crippen LogP contribution is -2.36. The number of oxazole rings is 1. The maximum atomic E-state index is 5.84. The molecule has 0 atom stereocenters. The maximum absolute atomic E-state index is 5.84. The van der Waals surface area contributed by atoms with Gasteiger partial charge in [-0.15, -0.1) is 24.0 Å². The Morgan fingerprint density at radius 1 is 1.06 bits per heavy atom. The second-order valence-electron chi connectivity index (χ2n) is 9.16. The zero-order valence-corrected chi connectivity index (χ0v) is 21.7. The van der Waals surface area contributed by atoms with Crippen LogP contribution in [0.25, 0.3) is 0 Å². The van der Waals surface area contributed by atoms with Crippen LogP contribution in [0.2, 0.25) is 0 Å². The Bertz CT molecular complexity index is 819. The third-order valence-electron chi connectivity index (χ3n) is 5.48. The molecule has 1 fully saturated rings. The molecule has 0 amide bonds. The first-order valence-corrected chi connectivity index (χ1v) is 11.1. The minimum Gasteiger partial charge on any atom is -0.443 e. The lowest BCUT2D eigenvalue weighted by molar-refractivity contribution is 0.277. The number of hydrogen-bond acceptors (Lipinski definition) is 4. The Labute approximate surface area is 204 Å². The molecule has 1 aliphatic heterocycles. The van der Waals surface area contributed by atoms with Crippen molar-refractivity contribution in [1.82, 2.24) is 20.5 Å². The second-order valence-corrected chi connectivity index (χ2v) is 9.16. The van der Waals surface area contributed by atoms with Crippen molar-refractivity contribution in [3.8, 4) is 0 Å². The van der Waals surface area contributed by atoms with E-state index in [0.29, 0.717) is 12.4 Å². The van der Waals surface area contributed by atoms with Crippen LogP contribution < -0.4 is 10.6 Å². The highest BCUT2D eigenvalue weighted by Gasteiger charge is 2.19. The lowest BCUT2D eigenvalue weighted by atomic mass is 9.94. The SMILES string of the molecule is CN=C(NCc1cccc(CN2CCCCCC2)c1)NCc1ncc(C(C)(C)C)o1.I. The molecule has 2 aromatic rings. The molecule has 0 spiro atoms. The van der Waals surface area contributed by atoms with Crippen LogP contribution >= 0.6 is 24.0 Å². The van der Waals surface area contributed by atoms with Crippen LogP contribution in [-0.4, -0.2) is 36.0 Å². The van der Waals surface area contributed by atoms with Gasteiger partial charge in [-0.25, -0.2) is 4.98 Å². The molecule has 6 nitrogen and oxygen atoms in total. The number of rotatable bonds is 6. The van der Waals surface area contributed by atoms with Gasteiger partial charge in [0.15, 0.2) is 5.96 Å². The van der Waals surface area contributed by atoms with Crippen LogP contribution in [-0.2, 0) is 25.0 Å². The van der Waals surface area contributed by atoms with E-state index in [0.717, 1.165) is 24.8 Å². The third-order valence-corrected chi connectivity index (χ3v) is 5.48. The number of likely N-dealkylation sites (tertiary alicyclic amines) is 1. The summed E-state index contributed by atoms with van der Waals surface area (Å²) in [4.78, 5) is 11.3. The number of benzene rings is 1. The van der Waals surface area contributed by atoms with Crippen LogP contribution in [0.1, 0.15) is 69.2 Å². The van der Waals surface area contributed by atoms with E-state index < -0.39 is 0 Å². The highest BCUT2D eigenvalue weighted by Crippen LogP contribution is 2.22. The number of hydrogen-bond donors (Lipinski definition) is 2. The van der Waals surface area contributed by atoms with E-state index >= 15 is 0 Å². The number of guanidine groups is 1. The zero-order valence-electron chi connectivity index (χ0n) is 19.4. The zero-order chi connectivity index (χ0) is 21.4. The lowest BCUT2D eigenvalue weighted by Gasteiger charge is -2.20. The van der Waals surface area contributed by atoms with Crippen LogP contribution in [0.3, 0.4) is 0 Å². The largest absolute Gasteiger partial charge is 0.443 e. The van der Waals surface area contributed by atoms with Gasteiger partial charge in [-0.3, -0.25) is 9.89 Å². The summed E-state index contributed by atoms with van der Waals surface area (Å²) in [7, 11) is 1.78. The molecule has 3 rings (SSSR count).